The third-order valence-corrected chi connectivity index (χ3v) is 3.52. The van der Waals surface area contributed by atoms with E-state index in [1.165, 1.54) is 0 Å². The maximum absolute atomic E-state index is 11.9. The molecule has 110 valence electrons. The van der Waals surface area contributed by atoms with Gasteiger partial charge in [0.1, 0.15) is 12.4 Å². The Balaban J connectivity index is 1.83. The third-order valence-electron chi connectivity index (χ3n) is 3.52. The number of amides is 1. The minimum Gasteiger partial charge on any atom is -0.497 e. The van der Waals surface area contributed by atoms with Crippen molar-refractivity contribution in [3.8, 4) is 5.75 Å². The highest BCUT2D eigenvalue weighted by Gasteiger charge is 2.33. The maximum Gasteiger partial charge on any atom is 0.246 e. The Labute approximate surface area is 119 Å². The average Bonchev–Trinajstić information content (AvgIpc) is 2.43. The molecular formula is C15H22N2O3. The highest BCUT2D eigenvalue weighted by Crippen LogP contribution is 2.19. The molecule has 1 fully saturated rings. The molecule has 2 N–H and O–H groups in total. The predicted octanol–water partition coefficient (Wildman–Crippen LogP) is 1.25. The maximum atomic E-state index is 11.9. The summed E-state index contributed by atoms with van der Waals surface area (Å²) in [5.74, 6) is 0.682. The first kappa shape index (κ1) is 14.8. The zero-order chi connectivity index (χ0) is 14.6. The van der Waals surface area contributed by atoms with Crippen LogP contribution < -0.4 is 15.4 Å². The van der Waals surface area contributed by atoms with Crippen molar-refractivity contribution in [2.24, 2.45) is 0 Å². The van der Waals surface area contributed by atoms with Crippen molar-refractivity contribution in [2.75, 3.05) is 26.8 Å². The van der Waals surface area contributed by atoms with E-state index in [9.17, 15) is 4.79 Å². The molecule has 0 unspecified atom stereocenters. The first-order chi connectivity index (χ1) is 9.52. The first-order valence-electron chi connectivity index (χ1n) is 6.80. The summed E-state index contributed by atoms with van der Waals surface area (Å²) in [6, 6.07) is 7.60. The van der Waals surface area contributed by atoms with Crippen LogP contribution in [0.5, 0.6) is 5.75 Å². The van der Waals surface area contributed by atoms with Gasteiger partial charge in [0, 0.05) is 13.1 Å². The van der Waals surface area contributed by atoms with E-state index in [0.717, 1.165) is 24.4 Å². The van der Waals surface area contributed by atoms with Crippen LogP contribution in [-0.2, 0) is 9.53 Å². The predicted molar refractivity (Wildman–Crippen MR) is 76.8 cm³/mol. The number of hydrogen-bond donors (Lipinski definition) is 2. The molecule has 0 aromatic heterocycles. The second-order valence-corrected chi connectivity index (χ2v) is 5.41. The lowest BCUT2D eigenvalue weighted by atomic mass is 10.0. The van der Waals surface area contributed by atoms with Crippen LogP contribution in [0, 0.1) is 0 Å². The van der Waals surface area contributed by atoms with Gasteiger partial charge in [0.15, 0.2) is 0 Å². The number of methoxy groups -OCH3 is 1. The first-order valence-corrected chi connectivity index (χ1v) is 6.80. The van der Waals surface area contributed by atoms with Crippen molar-refractivity contribution >= 4 is 5.91 Å². The molecule has 0 bridgehead atoms. The molecule has 1 amide bonds. The Kier molecular flexibility index (Phi) is 4.62. The molecule has 0 spiro atoms. The molecule has 5 nitrogen and oxygen atoms in total. The second kappa shape index (κ2) is 6.24. The lowest BCUT2D eigenvalue weighted by Gasteiger charge is -2.38. The minimum absolute atomic E-state index is 0.0754. The van der Waals surface area contributed by atoms with E-state index < -0.39 is 0 Å². The number of benzene rings is 1. The molecule has 1 aromatic rings. The summed E-state index contributed by atoms with van der Waals surface area (Å²) in [6.45, 7) is 5.63. The molecule has 1 heterocycles. The number of carbonyl (C=O) groups excluding carboxylic acids is 1. The second-order valence-electron chi connectivity index (χ2n) is 5.41. The van der Waals surface area contributed by atoms with Gasteiger partial charge in [0.2, 0.25) is 5.91 Å². The highest BCUT2D eigenvalue weighted by molar-refractivity contribution is 5.77. The summed E-state index contributed by atoms with van der Waals surface area (Å²) in [6.07, 6.45) is 0. The number of nitrogens with one attached hydrogen (secondary N) is 2. The SMILES string of the molecule is COc1cccc([C@H](C)NC(=O)COC2(C)CNC2)c1. The lowest BCUT2D eigenvalue weighted by Crippen LogP contribution is -2.59. The number of carbonyl (C=O) groups is 1. The normalized spacial score (nSPS) is 17.9. The van der Waals surface area contributed by atoms with Crippen LogP contribution in [0.3, 0.4) is 0 Å². The Morgan fingerprint density at radius 1 is 1.50 bits per heavy atom. The molecule has 1 saturated heterocycles. The quantitative estimate of drug-likeness (QED) is 0.822. The van der Waals surface area contributed by atoms with Crippen LogP contribution in [0.1, 0.15) is 25.5 Å². The van der Waals surface area contributed by atoms with Crippen molar-refractivity contribution in [3.05, 3.63) is 29.8 Å². The Morgan fingerprint density at radius 2 is 2.25 bits per heavy atom. The fraction of sp³-hybridized carbons (Fsp3) is 0.533. The van der Waals surface area contributed by atoms with Gasteiger partial charge in [-0.15, -0.1) is 0 Å². The molecule has 1 aromatic carbocycles. The number of ether oxygens (including phenoxy) is 2. The van der Waals surface area contributed by atoms with E-state index in [2.05, 4.69) is 10.6 Å². The highest BCUT2D eigenvalue weighted by atomic mass is 16.5. The lowest BCUT2D eigenvalue weighted by molar-refractivity contribution is -0.136. The van der Waals surface area contributed by atoms with Crippen molar-refractivity contribution in [2.45, 2.75) is 25.5 Å². The van der Waals surface area contributed by atoms with Crippen molar-refractivity contribution in [3.63, 3.8) is 0 Å². The molecule has 2 rings (SSSR count). The fourth-order valence-corrected chi connectivity index (χ4v) is 2.10. The van der Waals surface area contributed by atoms with E-state index in [1.807, 2.05) is 38.1 Å². The van der Waals surface area contributed by atoms with Crippen LogP contribution in [0.2, 0.25) is 0 Å². The fourth-order valence-electron chi connectivity index (χ4n) is 2.10. The summed E-state index contributed by atoms with van der Waals surface area (Å²) in [4.78, 5) is 11.9. The monoisotopic (exact) mass is 278 g/mol. The van der Waals surface area contributed by atoms with Gasteiger partial charge in [-0.05, 0) is 31.5 Å². The molecule has 0 saturated carbocycles. The summed E-state index contributed by atoms with van der Waals surface area (Å²) < 4.78 is 10.8. The van der Waals surface area contributed by atoms with Gasteiger partial charge < -0.3 is 20.1 Å². The number of rotatable bonds is 6. The van der Waals surface area contributed by atoms with E-state index in [4.69, 9.17) is 9.47 Å². The minimum atomic E-state index is -0.198. The van der Waals surface area contributed by atoms with E-state index in [0.29, 0.717) is 0 Å². The van der Waals surface area contributed by atoms with E-state index in [1.54, 1.807) is 7.11 Å². The summed E-state index contributed by atoms with van der Waals surface area (Å²) in [7, 11) is 1.63. The van der Waals surface area contributed by atoms with Crippen molar-refractivity contribution in [1.29, 1.82) is 0 Å². The van der Waals surface area contributed by atoms with E-state index in [-0.39, 0.29) is 24.2 Å². The standard InChI is InChI=1S/C15H22N2O3/c1-11(12-5-4-6-13(7-12)19-3)17-14(18)8-20-15(2)9-16-10-15/h4-7,11,16H,8-10H2,1-3H3,(H,17,18)/t11-/m0/s1. The molecule has 0 radical (unpaired) electrons. The molecule has 1 aliphatic heterocycles. The molecule has 5 heteroatoms. The Hall–Kier alpha value is -1.59. The van der Waals surface area contributed by atoms with Crippen LogP contribution >= 0.6 is 0 Å². The average molecular weight is 278 g/mol. The van der Waals surface area contributed by atoms with Crippen LogP contribution in [0.15, 0.2) is 24.3 Å². The van der Waals surface area contributed by atoms with E-state index >= 15 is 0 Å². The Morgan fingerprint density at radius 3 is 2.85 bits per heavy atom. The number of hydrogen-bond acceptors (Lipinski definition) is 4. The van der Waals surface area contributed by atoms with Crippen molar-refractivity contribution < 1.29 is 14.3 Å². The molecule has 20 heavy (non-hydrogen) atoms. The Bertz CT molecular complexity index is 472. The summed E-state index contributed by atoms with van der Waals surface area (Å²) in [5, 5.41) is 6.06. The smallest absolute Gasteiger partial charge is 0.246 e. The summed E-state index contributed by atoms with van der Waals surface area (Å²) in [5.41, 5.74) is 0.811. The third kappa shape index (κ3) is 3.71. The van der Waals surface area contributed by atoms with Gasteiger partial charge in [0.05, 0.1) is 18.8 Å². The zero-order valence-corrected chi connectivity index (χ0v) is 12.2. The van der Waals surface area contributed by atoms with Crippen molar-refractivity contribution in [1.82, 2.24) is 10.6 Å². The zero-order valence-electron chi connectivity index (χ0n) is 12.2. The largest absolute Gasteiger partial charge is 0.497 e. The molecular weight excluding hydrogens is 256 g/mol. The van der Waals surface area contributed by atoms with Crippen LogP contribution in [-0.4, -0.2) is 38.3 Å². The van der Waals surface area contributed by atoms with Gasteiger partial charge in [-0.1, -0.05) is 12.1 Å². The molecule has 0 aliphatic carbocycles. The van der Waals surface area contributed by atoms with Gasteiger partial charge in [-0.3, -0.25) is 4.79 Å². The van der Waals surface area contributed by atoms with Crippen LogP contribution in [0.25, 0.3) is 0 Å². The van der Waals surface area contributed by atoms with Gasteiger partial charge in [-0.2, -0.15) is 0 Å². The molecule has 1 aliphatic rings. The van der Waals surface area contributed by atoms with Gasteiger partial charge in [-0.25, -0.2) is 0 Å². The summed E-state index contributed by atoms with van der Waals surface area (Å²) >= 11 is 0. The van der Waals surface area contributed by atoms with Gasteiger partial charge >= 0.3 is 0 Å². The van der Waals surface area contributed by atoms with Gasteiger partial charge in [0.25, 0.3) is 0 Å². The van der Waals surface area contributed by atoms with Crippen LogP contribution in [0.4, 0.5) is 0 Å². The topological polar surface area (TPSA) is 59.6 Å². The molecule has 1 atom stereocenters.